The predicted octanol–water partition coefficient (Wildman–Crippen LogP) is 2.24. The second-order valence-electron chi connectivity index (χ2n) is 8.26. The molecule has 1 fully saturated rings. The van der Waals surface area contributed by atoms with Gasteiger partial charge in [0.2, 0.25) is 15.9 Å². The molecule has 1 heterocycles. The lowest BCUT2D eigenvalue weighted by Crippen LogP contribution is -2.47. The zero-order valence-electron chi connectivity index (χ0n) is 17.2. The van der Waals surface area contributed by atoms with Gasteiger partial charge in [0.1, 0.15) is 11.6 Å². The first-order chi connectivity index (χ1) is 12.9. The average molecular weight is 411 g/mol. The van der Waals surface area contributed by atoms with Crippen LogP contribution in [-0.4, -0.2) is 49.3 Å². The highest BCUT2D eigenvalue weighted by Crippen LogP contribution is 2.24. The van der Waals surface area contributed by atoms with E-state index in [0.717, 1.165) is 5.56 Å². The topological polar surface area (TPSA) is 92.8 Å². The number of carbonyl (C=O) groups is 2. The summed E-state index contributed by atoms with van der Waals surface area (Å²) in [5.74, 6) is -1.06. The van der Waals surface area contributed by atoms with Crippen LogP contribution in [0.3, 0.4) is 0 Å². The Labute approximate surface area is 167 Å². The molecule has 1 aromatic carbocycles. The third kappa shape index (κ3) is 5.78. The molecule has 1 aliphatic rings. The summed E-state index contributed by atoms with van der Waals surface area (Å²) in [6.07, 6.45) is 0.829. The molecule has 0 bridgehead atoms. The third-order valence-corrected chi connectivity index (χ3v) is 6.52. The van der Waals surface area contributed by atoms with Crippen LogP contribution in [0.5, 0.6) is 0 Å². The van der Waals surface area contributed by atoms with E-state index in [-0.39, 0.29) is 29.8 Å². The van der Waals surface area contributed by atoms with Crippen LogP contribution in [0, 0.1) is 12.8 Å². The minimum absolute atomic E-state index is 0.245. The molecule has 7 nitrogen and oxygen atoms in total. The van der Waals surface area contributed by atoms with Crippen LogP contribution in [0.15, 0.2) is 29.2 Å². The average Bonchev–Trinajstić information content (AvgIpc) is 2.60. The van der Waals surface area contributed by atoms with Crippen molar-refractivity contribution in [2.75, 3.05) is 13.1 Å². The molecule has 156 valence electrons. The van der Waals surface area contributed by atoms with Crippen LogP contribution in [0.2, 0.25) is 0 Å². The summed E-state index contributed by atoms with van der Waals surface area (Å²) >= 11 is 0. The van der Waals surface area contributed by atoms with Gasteiger partial charge in [0, 0.05) is 19.0 Å². The number of amides is 1. The Morgan fingerprint density at radius 2 is 1.68 bits per heavy atom. The number of nitrogens with one attached hydrogen (secondary N) is 1. The molecular formula is C20H30N2O5S. The monoisotopic (exact) mass is 410 g/mol. The van der Waals surface area contributed by atoms with Crippen molar-refractivity contribution in [3.8, 4) is 0 Å². The molecule has 1 N–H and O–H groups in total. The number of ether oxygens (including phenoxy) is 1. The van der Waals surface area contributed by atoms with Crippen molar-refractivity contribution in [3.63, 3.8) is 0 Å². The number of piperidine rings is 1. The molecule has 8 heteroatoms. The Hall–Kier alpha value is -1.93. The van der Waals surface area contributed by atoms with E-state index >= 15 is 0 Å². The molecule has 0 aliphatic carbocycles. The van der Waals surface area contributed by atoms with Crippen LogP contribution >= 0.6 is 0 Å². The first kappa shape index (κ1) is 22.4. The van der Waals surface area contributed by atoms with Gasteiger partial charge in [-0.2, -0.15) is 4.31 Å². The highest BCUT2D eigenvalue weighted by molar-refractivity contribution is 7.89. The molecule has 28 heavy (non-hydrogen) atoms. The minimum Gasteiger partial charge on any atom is -0.458 e. The van der Waals surface area contributed by atoms with E-state index in [0.29, 0.717) is 12.8 Å². The van der Waals surface area contributed by atoms with Crippen LogP contribution in [0.4, 0.5) is 0 Å². The van der Waals surface area contributed by atoms with Gasteiger partial charge in [-0.25, -0.2) is 13.2 Å². The summed E-state index contributed by atoms with van der Waals surface area (Å²) in [5.41, 5.74) is 0.375. The second kappa shape index (κ2) is 8.61. The maximum absolute atomic E-state index is 12.7. The largest absolute Gasteiger partial charge is 0.458 e. The zero-order valence-corrected chi connectivity index (χ0v) is 18.0. The van der Waals surface area contributed by atoms with Gasteiger partial charge in [-0.1, -0.05) is 17.7 Å². The van der Waals surface area contributed by atoms with E-state index in [2.05, 4.69) is 5.32 Å². The van der Waals surface area contributed by atoms with Crippen molar-refractivity contribution in [1.82, 2.24) is 9.62 Å². The Bertz CT molecular complexity index is 804. The number of sulfonamides is 1. The summed E-state index contributed by atoms with van der Waals surface area (Å²) in [7, 11) is -3.56. The predicted molar refractivity (Wildman–Crippen MR) is 106 cm³/mol. The van der Waals surface area contributed by atoms with Gasteiger partial charge in [-0.05, 0) is 59.6 Å². The minimum atomic E-state index is -3.56. The van der Waals surface area contributed by atoms with Gasteiger partial charge in [-0.3, -0.25) is 4.79 Å². The molecule has 1 saturated heterocycles. The SMILES string of the molecule is Cc1ccc(S(=O)(=O)N2CCC(C(=O)N[C@H](C)C(=O)OC(C)(C)C)CC2)cc1. The summed E-state index contributed by atoms with van der Waals surface area (Å²) in [6, 6.07) is 6.00. The number of carbonyl (C=O) groups excluding carboxylic acids is 2. The van der Waals surface area contributed by atoms with E-state index in [1.54, 1.807) is 52.0 Å². The maximum atomic E-state index is 12.7. The highest BCUT2D eigenvalue weighted by atomic mass is 32.2. The van der Waals surface area contributed by atoms with Gasteiger partial charge >= 0.3 is 5.97 Å². The van der Waals surface area contributed by atoms with Crippen molar-refractivity contribution < 1.29 is 22.7 Å². The van der Waals surface area contributed by atoms with Crippen LogP contribution in [0.1, 0.15) is 46.1 Å². The van der Waals surface area contributed by atoms with E-state index < -0.39 is 27.6 Å². The molecule has 1 atom stereocenters. The van der Waals surface area contributed by atoms with E-state index in [9.17, 15) is 18.0 Å². The van der Waals surface area contributed by atoms with Crippen molar-refractivity contribution >= 4 is 21.9 Å². The number of esters is 1. The molecular weight excluding hydrogens is 380 g/mol. The van der Waals surface area contributed by atoms with Crippen molar-refractivity contribution in [2.45, 2.75) is 64.0 Å². The summed E-state index contributed by atoms with van der Waals surface area (Å²) < 4.78 is 32.2. The van der Waals surface area contributed by atoms with Crippen molar-refractivity contribution in [3.05, 3.63) is 29.8 Å². The molecule has 0 aromatic heterocycles. The maximum Gasteiger partial charge on any atom is 0.328 e. The molecule has 0 saturated carbocycles. The Morgan fingerprint density at radius 3 is 2.18 bits per heavy atom. The van der Waals surface area contributed by atoms with Gasteiger partial charge in [-0.15, -0.1) is 0 Å². The Balaban J connectivity index is 1.91. The lowest BCUT2D eigenvalue weighted by Gasteiger charge is -2.31. The number of rotatable bonds is 5. The lowest BCUT2D eigenvalue weighted by molar-refractivity contribution is -0.158. The number of hydrogen-bond acceptors (Lipinski definition) is 5. The van der Waals surface area contributed by atoms with E-state index in [1.165, 1.54) is 4.31 Å². The summed E-state index contributed by atoms with van der Waals surface area (Å²) in [5, 5.41) is 2.68. The van der Waals surface area contributed by atoms with Crippen molar-refractivity contribution in [1.29, 1.82) is 0 Å². The summed E-state index contributed by atoms with van der Waals surface area (Å²) in [6.45, 7) is 9.34. The highest BCUT2D eigenvalue weighted by Gasteiger charge is 2.33. The summed E-state index contributed by atoms with van der Waals surface area (Å²) in [4.78, 5) is 24.7. The van der Waals surface area contributed by atoms with Gasteiger partial charge < -0.3 is 10.1 Å². The molecule has 1 aliphatic heterocycles. The molecule has 1 aromatic rings. The standard InChI is InChI=1S/C20H30N2O5S/c1-14-6-8-17(9-7-14)28(25,26)22-12-10-16(11-13-22)18(23)21-15(2)19(24)27-20(3,4)5/h6-9,15-16H,10-13H2,1-5H3,(H,21,23)/t15-/m1/s1. The van der Waals surface area contributed by atoms with Gasteiger partial charge in [0.05, 0.1) is 4.90 Å². The number of benzene rings is 1. The first-order valence-corrected chi connectivity index (χ1v) is 10.9. The Morgan fingerprint density at radius 1 is 1.14 bits per heavy atom. The molecule has 2 rings (SSSR count). The number of nitrogens with zero attached hydrogens (tertiary/aromatic N) is 1. The fourth-order valence-corrected chi connectivity index (χ4v) is 4.47. The lowest BCUT2D eigenvalue weighted by atomic mass is 9.97. The molecule has 0 unspecified atom stereocenters. The van der Waals surface area contributed by atoms with Crippen LogP contribution < -0.4 is 5.32 Å². The van der Waals surface area contributed by atoms with E-state index in [1.807, 2.05) is 6.92 Å². The van der Waals surface area contributed by atoms with Gasteiger partial charge in [0.15, 0.2) is 0 Å². The number of aryl methyl sites for hydroxylation is 1. The fraction of sp³-hybridized carbons (Fsp3) is 0.600. The normalized spacial score (nSPS) is 17.8. The number of hydrogen-bond donors (Lipinski definition) is 1. The second-order valence-corrected chi connectivity index (χ2v) is 10.2. The first-order valence-electron chi connectivity index (χ1n) is 9.50. The molecule has 1 amide bonds. The Kier molecular flexibility index (Phi) is 6.88. The van der Waals surface area contributed by atoms with Crippen molar-refractivity contribution in [2.24, 2.45) is 5.92 Å². The van der Waals surface area contributed by atoms with Crippen LogP contribution in [0.25, 0.3) is 0 Å². The quantitative estimate of drug-likeness (QED) is 0.752. The zero-order chi connectivity index (χ0) is 21.1. The van der Waals surface area contributed by atoms with E-state index in [4.69, 9.17) is 4.74 Å². The van der Waals surface area contributed by atoms with Gasteiger partial charge in [0.25, 0.3) is 0 Å². The molecule has 0 radical (unpaired) electrons. The smallest absolute Gasteiger partial charge is 0.328 e. The fourth-order valence-electron chi connectivity index (χ4n) is 3.00. The molecule has 0 spiro atoms. The third-order valence-electron chi connectivity index (χ3n) is 4.60. The van der Waals surface area contributed by atoms with Crippen LogP contribution in [-0.2, 0) is 24.3 Å².